The molecule has 136 heavy (non-hydrogen) atoms. The molecule has 34 nitrogen and oxygen atoms in total. The topological polar surface area (TPSA) is 421 Å². The molecule has 2 saturated heterocycles. The SMILES string of the molecule is CO[C@H]1C[C@@H]2CC[C@@H](C)[C@@](O)(O2)C(=O)C(=O)N2CCCC[C@H]2C(=O)O[C@H]([C@H](C)C[C@@H]2CC[C@@H](OCCCCc3cn(CCOCCOCCOCCOCCOCCOCCOCCOCCC(=O)NCCS(=O)(=O)c4ccc(C(=O)N5CCOc6ccc(-c7ccc(N)nc7)cc6C5)c(C)c4F)nn3)[C@H](OC)C2)CC(=O)[C@H](C)/C=C(\C)[C@@H](O)[C@@H](OC)C(=O)[C@H](C)CC(C)/C=C/C=C/C=C/1C. The highest BCUT2D eigenvalue weighted by atomic mass is 32.2. The summed E-state index contributed by atoms with van der Waals surface area (Å²) in [5, 5.41) is 35.0. The predicted molar refractivity (Wildman–Crippen MR) is 504 cm³/mol. The van der Waals surface area contributed by atoms with Crippen LogP contribution in [0.3, 0.4) is 0 Å². The van der Waals surface area contributed by atoms with Crippen molar-refractivity contribution >= 4 is 56.7 Å². The third-order valence-corrected chi connectivity index (χ3v) is 27.5. The van der Waals surface area contributed by atoms with E-state index in [2.05, 4.69) is 20.6 Å². The van der Waals surface area contributed by atoms with Crippen LogP contribution in [0.4, 0.5) is 10.2 Å². The van der Waals surface area contributed by atoms with Gasteiger partial charge in [-0.2, -0.15) is 0 Å². The number of nitrogens with one attached hydrogen (secondary N) is 1. The van der Waals surface area contributed by atoms with Gasteiger partial charge in [0.05, 0.1) is 155 Å². The first kappa shape index (κ1) is 111. The number of nitrogen functional groups attached to an aromatic ring is 1. The molecule has 1 saturated carbocycles. The van der Waals surface area contributed by atoms with Crippen molar-refractivity contribution in [3.63, 3.8) is 0 Å². The first-order valence-corrected chi connectivity index (χ1v) is 49.8. The molecule has 1 aliphatic carbocycles. The number of unbranched alkanes of at least 4 members (excludes halogenated alkanes) is 1. The Hall–Kier alpha value is -8.54. The molecule has 0 spiro atoms. The first-order chi connectivity index (χ1) is 65.4. The second-order valence-electron chi connectivity index (χ2n) is 36.1. The van der Waals surface area contributed by atoms with Crippen LogP contribution in [-0.2, 0) is 124 Å². The van der Waals surface area contributed by atoms with E-state index in [-0.39, 0.29) is 125 Å². The highest BCUT2D eigenvalue weighted by Gasteiger charge is 2.53. The predicted octanol–water partition coefficient (Wildman–Crippen LogP) is 10.1. The van der Waals surface area contributed by atoms with Gasteiger partial charge < -0.3 is 102 Å². The van der Waals surface area contributed by atoms with Gasteiger partial charge in [0, 0.05) is 114 Å². The van der Waals surface area contributed by atoms with Crippen LogP contribution in [0.15, 0.2) is 107 Å². The minimum atomic E-state index is -4.18. The number of fused-ring (bicyclic) bond motifs is 4. The fourth-order valence-electron chi connectivity index (χ4n) is 17.6. The molecule has 5 aliphatic rings. The summed E-state index contributed by atoms with van der Waals surface area (Å²) in [6.45, 7) is 21.2. The van der Waals surface area contributed by atoms with Gasteiger partial charge in [-0.1, -0.05) is 82.4 Å². The monoisotopic (exact) mass is 1930 g/mol. The number of benzene rings is 2. The molecular formula is C100H147FN8O26S. The summed E-state index contributed by atoms with van der Waals surface area (Å²) in [6, 6.07) is 10.4. The van der Waals surface area contributed by atoms with Crippen LogP contribution in [0, 0.1) is 48.2 Å². The minimum absolute atomic E-state index is 0.0104. The lowest BCUT2D eigenvalue weighted by molar-refractivity contribution is -0.265. The van der Waals surface area contributed by atoms with Crippen LogP contribution in [0.2, 0.25) is 0 Å². The van der Waals surface area contributed by atoms with Crippen molar-refractivity contribution < 1.29 is 128 Å². The summed E-state index contributed by atoms with van der Waals surface area (Å²) in [7, 11) is 0.447. The summed E-state index contributed by atoms with van der Waals surface area (Å²) >= 11 is 0. The molecule has 15 atom stereocenters. The fourth-order valence-corrected chi connectivity index (χ4v) is 18.9. The van der Waals surface area contributed by atoms with Gasteiger partial charge >= 0.3 is 5.97 Å². The average Bonchev–Trinajstić information content (AvgIpc) is 0.927. The van der Waals surface area contributed by atoms with Gasteiger partial charge in [0.25, 0.3) is 17.6 Å². The number of halogens is 1. The second-order valence-corrected chi connectivity index (χ2v) is 38.2. The number of carbonyl (C=O) groups excluding carboxylic acids is 7. The summed E-state index contributed by atoms with van der Waals surface area (Å²) in [4.78, 5) is 105. The lowest BCUT2D eigenvalue weighted by atomic mass is 9.78. The zero-order chi connectivity index (χ0) is 98.1. The number of rotatable bonds is 45. The van der Waals surface area contributed by atoms with E-state index in [0.29, 0.717) is 168 Å². The number of allylic oxidation sites excluding steroid dienone is 6. The number of cyclic esters (lactones) is 1. The summed E-state index contributed by atoms with van der Waals surface area (Å²) in [5.74, 6) is -9.76. The largest absolute Gasteiger partial charge is 0.491 e. The molecule has 2 aromatic carbocycles. The molecule has 756 valence electrons. The molecule has 4 aromatic rings. The smallest absolute Gasteiger partial charge is 0.329 e. The number of sulfone groups is 1. The number of aryl methyl sites for hydroxylation is 1. The quantitative estimate of drug-likeness (QED) is 0.0138. The number of hydrogen-bond acceptors (Lipinski definition) is 30. The molecular weight excluding hydrogens is 1780 g/mol. The number of aromatic nitrogens is 4. The molecule has 2 bridgehead atoms. The van der Waals surface area contributed by atoms with Crippen molar-refractivity contribution in [2.75, 3.05) is 171 Å². The van der Waals surface area contributed by atoms with Crippen LogP contribution < -0.4 is 15.8 Å². The highest BCUT2D eigenvalue weighted by molar-refractivity contribution is 7.91. The van der Waals surface area contributed by atoms with E-state index < -0.39 is 116 Å². The van der Waals surface area contributed by atoms with E-state index in [1.54, 1.807) is 58.0 Å². The number of aliphatic hydroxyl groups excluding tert-OH is 1. The van der Waals surface area contributed by atoms with E-state index in [1.807, 2.05) is 88.5 Å². The molecule has 6 heterocycles. The van der Waals surface area contributed by atoms with Crippen LogP contribution >= 0.6 is 0 Å². The van der Waals surface area contributed by atoms with E-state index in [4.69, 9.17) is 76.8 Å². The zero-order valence-corrected chi connectivity index (χ0v) is 82.1. The summed E-state index contributed by atoms with van der Waals surface area (Å²) < 4.78 is 132. The maximum Gasteiger partial charge on any atom is 0.329 e. The Bertz CT molecular complexity index is 4670. The molecule has 1 unspecified atom stereocenters. The lowest BCUT2D eigenvalue weighted by Gasteiger charge is -2.42. The number of aliphatic hydroxyl groups is 2. The van der Waals surface area contributed by atoms with Crippen LogP contribution in [-0.4, -0.2) is 310 Å². The van der Waals surface area contributed by atoms with Crippen molar-refractivity contribution in [2.24, 2.45) is 35.5 Å². The maximum atomic E-state index is 15.8. The van der Waals surface area contributed by atoms with Gasteiger partial charge in [0.2, 0.25) is 11.7 Å². The molecule has 3 fully saturated rings. The van der Waals surface area contributed by atoms with Crippen LogP contribution in [0.25, 0.3) is 11.1 Å². The second kappa shape index (κ2) is 57.9. The molecule has 9 rings (SSSR count). The average molecular weight is 1930 g/mol. The number of amides is 3. The van der Waals surface area contributed by atoms with Gasteiger partial charge in [-0.25, -0.2) is 27.3 Å². The Morgan fingerprint density at radius 1 is 0.721 bits per heavy atom. The number of ketones is 3. The van der Waals surface area contributed by atoms with Gasteiger partial charge in [0.1, 0.15) is 59.0 Å². The van der Waals surface area contributed by atoms with Gasteiger partial charge in [-0.3, -0.25) is 28.8 Å². The maximum absolute atomic E-state index is 15.8. The van der Waals surface area contributed by atoms with Crippen LogP contribution in [0.1, 0.15) is 172 Å². The number of esters is 1. The Morgan fingerprint density at radius 2 is 1.39 bits per heavy atom. The van der Waals surface area contributed by atoms with Crippen molar-refractivity contribution in [3.05, 3.63) is 131 Å². The Kier molecular flexibility index (Phi) is 47.3. The number of ether oxygens (including phenoxy) is 15. The molecule has 0 radical (unpaired) electrons. The summed E-state index contributed by atoms with van der Waals surface area (Å²) in [5.41, 5.74) is 10.2. The van der Waals surface area contributed by atoms with Gasteiger partial charge in [0.15, 0.2) is 15.6 Å². The normalized spacial score (nSPS) is 26.1. The molecule has 3 amide bonds. The Morgan fingerprint density at radius 3 is 2.04 bits per heavy atom. The zero-order valence-electron chi connectivity index (χ0n) is 81.3. The van der Waals surface area contributed by atoms with Gasteiger partial charge in [-0.05, 0) is 181 Å². The van der Waals surface area contributed by atoms with Crippen molar-refractivity contribution in [1.29, 1.82) is 0 Å². The van der Waals surface area contributed by atoms with Gasteiger partial charge in [-0.15, -0.1) is 5.10 Å². The number of anilines is 1. The van der Waals surface area contributed by atoms with Crippen molar-refractivity contribution in [1.82, 2.24) is 35.1 Å². The molecule has 36 heteroatoms. The van der Waals surface area contributed by atoms with Crippen LogP contribution in [0.5, 0.6) is 5.75 Å². The number of carbonyl (C=O) groups is 7. The number of pyridine rings is 1. The Labute approximate surface area is 800 Å². The standard InChI is InChI=1S/C100H147FN8O26S/c1-67-19-13-12-14-20-68(2)86(121-9)62-80-27-23-73(7)100(118,135-80)96(114)98(116)109-35-17-15-22-82(109)99(117)134-87(63-83(110)69(3)58-72(6)94(113)95(123-11)93(112)71(5)57-67)70(4)59-75-24-29-85(88(60-75)122-10)132-38-18-16-21-79-66-108(106-105-79)37-40-125-43-45-127-47-49-129-51-53-131-55-54-130-52-50-128-48-46-126-44-42-124-39-33-91(111)103-34-56-136(119,120)89-31-28-81(74(8)92(89)101)97(115)107-36-41-133-84-30-25-76(61-78(84)65-107)77-26-32-90(102)104-64-77/h12-14,19-20,25-26,28,30-32,58,61,64,66-67,69-71,73,75,80,82,85-88,94-95,113,118H,15-18,21-24,27,29,33-57,59-60,62-63,65H2,1-11H3,(H2,102,104)(H,103,111)/b14-12+,19-13+,68-20+,72-58+/t67?,69-,70-,71-,73-,75+,80+,82+,85-,86+,87+,88-,94-,95+,100-/m1/s1. The van der Waals surface area contributed by atoms with E-state index in [9.17, 15) is 52.2 Å². The number of nitrogens with two attached hydrogens (primary N) is 1. The molecule has 5 N–H and O–H groups in total. The fraction of sp³-hybridized carbons (Fsp3) is 0.660. The van der Waals surface area contributed by atoms with E-state index in [1.165, 1.54) is 29.9 Å². The lowest BCUT2D eigenvalue weighted by Crippen LogP contribution is -2.61. The van der Waals surface area contributed by atoms with Crippen molar-refractivity contribution in [2.45, 2.75) is 231 Å². The minimum Gasteiger partial charge on any atom is -0.491 e. The Balaban J connectivity index is 0.578. The third-order valence-electron chi connectivity index (χ3n) is 25.8. The summed E-state index contributed by atoms with van der Waals surface area (Å²) in [6.07, 6.45) is 17.5. The molecule has 4 aliphatic heterocycles. The highest BCUT2D eigenvalue weighted by Crippen LogP contribution is 2.40. The number of Topliss-reactive ketones (excluding diaryl/α,β-unsaturated/α-hetero) is 3. The third kappa shape index (κ3) is 34.8. The molecule has 2 aromatic heterocycles. The van der Waals surface area contributed by atoms with E-state index in [0.717, 1.165) is 66.1 Å². The number of nitrogens with zero attached hydrogens (tertiary/aromatic N) is 6. The van der Waals surface area contributed by atoms with E-state index >= 15 is 4.39 Å². The first-order valence-electron chi connectivity index (χ1n) is 48.1. The number of piperidine rings is 1. The number of methoxy groups -OCH3 is 3. The van der Waals surface area contributed by atoms with Crippen molar-refractivity contribution in [3.8, 4) is 16.9 Å². The number of hydrogen-bond donors (Lipinski definition) is 4.